The lowest BCUT2D eigenvalue weighted by atomic mass is 10.0. The Bertz CT molecular complexity index is 1390. The molecule has 4 aromatic rings. The molecule has 5 nitrogen and oxygen atoms in total. The molecule has 1 aliphatic heterocycles. The van der Waals surface area contributed by atoms with Crippen LogP contribution in [-0.4, -0.2) is 23.7 Å². The van der Waals surface area contributed by atoms with E-state index in [9.17, 15) is 4.79 Å². The van der Waals surface area contributed by atoms with Crippen LogP contribution >= 0.6 is 11.3 Å². The third-order valence-corrected chi connectivity index (χ3v) is 6.29. The second kappa shape index (κ2) is 8.74. The van der Waals surface area contributed by atoms with Crippen molar-refractivity contribution in [2.75, 3.05) is 13.2 Å². The Morgan fingerprint density at radius 1 is 1.00 bits per heavy atom. The number of aromatic nitrogens is 1. The Kier molecular flexibility index (Phi) is 5.49. The van der Waals surface area contributed by atoms with Gasteiger partial charge in [-0.05, 0) is 29.7 Å². The summed E-state index contributed by atoms with van der Waals surface area (Å²) in [6, 6.07) is 21.6. The summed E-state index contributed by atoms with van der Waals surface area (Å²) in [5, 5.41) is 0. The van der Waals surface area contributed by atoms with Gasteiger partial charge in [0.15, 0.2) is 16.3 Å². The van der Waals surface area contributed by atoms with Gasteiger partial charge in [-0.25, -0.2) is 0 Å². The van der Waals surface area contributed by atoms with E-state index < -0.39 is 0 Å². The highest BCUT2D eigenvalue weighted by Crippen LogP contribution is 2.35. The number of benzene rings is 3. The van der Waals surface area contributed by atoms with E-state index in [1.165, 1.54) is 16.9 Å². The van der Waals surface area contributed by atoms with Crippen molar-refractivity contribution in [2.24, 2.45) is 4.99 Å². The molecule has 0 radical (unpaired) electrons. The van der Waals surface area contributed by atoms with Crippen molar-refractivity contribution in [3.63, 3.8) is 0 Å². The molecular formula is C26H20N2O3S. The van der Waals surface area contributed by atoms with Crippen LogP contribution in [0.3, 0.4) is 0 Å². The summed E-state index contributed by atoms with van der Waals surface area (Å²) in [5.74, 6) is 3.73. The fraction of sp³-hybridized carbons (Fsp3) is 0.154. The molecule has 0 spiro atoms. The zero-order valence-corrected chi connectivity index (χ0v) is 18.1. The van der Waals surface area contributed by atoms with Gasteiger partial charge in [-0.1, -0.05) is 59.7 Å². The number of terminal acetylenes is 1. The van der Waals surface area contributed by atoms with Gasteiger partial charge in [0.25, 0.3) is 5.91 Å². The quantitative estimate of drug-likeness (QED) is 0.441. The van der Waals surface area contributed by atoms with Crippen LogP contribution in [-0.2, 0) is 13.0 Å². The van der Waals surface area contributed by atoms with Gasteiger partial charge in [-0.2, -0.15) is 4.99 Å². The zero-order chi connectivity index (χ0) is 21.9. The molecule has 1 amide bonds. The summed E-state index contributed by atoms with van der Waals surface area (Å²) >= 11 is 1.41. The number of thiazole rings is 1. The molecule has 0 aliphatic carbocycles. The molecule has 0 saturated heterocycles. The highest BCUT2D eigenvalue weighted by Gasteiger charge is 2.17. The first-order valence-electron chi connectivity index (χ1n) is 10.3. The molecule has 0 saturated carbocycles. The summed E-state index contributed by atoms with van der Waals surface area (Å²) < 4.78 is 14.2. The van der Waals surface area contributed by atoms with E-state index in [-0.39, 0.29) is 5.91 Å². The third kappa shape index (κ3) is 4.03. The Morgan fingerprint density at radius 2 is 1.69 bits per heavy atom. The molecule has 1 aliphatic rings. The second-order valence-electron chi connectivity index (χ2n) is 7.41. The van der Waals surface area contributed by atoms with E-state index in [1.807, 2.05) is 59.2 Å². The Morgan fingerprint density at radius 3 is 2.41 bits per heavy atom. The molecule has 0 bridgehead atoms. The van der Waals surface area contributed by atoms with Crippen molar-refractivity contribution >= 4 is 27.5 Å². The fourth-order valence-electron chi connectivity index (χ4n) is 3.68. The minimum absolute atomic E-state index is 0.300. The number of fused-ring (bicyclic) bond motifs is 2. The number of carbonyl (C=O) groups excluding carboxylic acids is 1. The predicted molar refractivity (Wildman–Crippen MR) is 125 cm³/mol. The summed E-state index contributed by atoms with van der Waals surface area (Å²) in [7, 11) is 0. The Balaban J connectivity index is 1.47. The molecule has 0 unspecified atom stereocenters. The maximum atomic E-state index is 12.9. The van der Waals surface area contributed by atoms with Crippen LogP contribution < -0.4 is 14.3 Å². The predicted octanol–water partition coefficient (Wildman–Crippen LogP) is 4.44. The molecule has 0 atom stereocenters. The monoisotopic (exact) mass is 440 g/mol. The lowest BCUT2D eigenvalue weighted by Gasteiger charge is -2.18. The topological polar surface area (TPSA) is 52.8 Å². The summed E-state index contributed by atoms with van der Waals surface area (Å²) in [6.45, 7) is 1.33. The average Bonchev–Trinajstić information content (AvgIpc) is 3.14. The van der Waals surface area contributed by atoms with Gasteiger partial charge in [0.1, 0.15) is 13.2 Å². The minimum Gasteiger partial charge on any atom is -0.486 e. The molecule has 2 heterocycles. The van der Waals surface area contributed by atoms with Crippen LogP contribution in [0.5, 0.6) is 11.5 Å². The fourth-order valence-corrected chi connectivity index (χ4v) is 4.72. The van der Waals surface area contributed by atoms with Gasteiger partial charge in [0, 0.05) is 17.7 Å². The summed E-state index contributed by atoms with van der Waals surface area (Å²) in [6.07, 6.45) is 6.41. The van der Waals surface area contributed by atoms with E-state index in [1.54, 1.807) is 0 Å². The Labute approximate surface area is 189 Å². The smallest absolute Gasteiger partial charge is 0.279 e. The number of amides is 1. The molecule has 5 rings (SSSR count). The highest BCUT2D eigenvalue weighted by molar-refractivity contribution is 7.16. The number of carbonyl (C=O) groups is 1. The summed E-state index contributed by atoms with van der Waals surface area (Å²) in [4.78, 5) is 17.8. The highest BCUT2D eigenvalue weighted by atomic mass is 32.1. The lowest BCUT2D eigenvalue weighted by Crippen LogP contribution is -2.17. The zero-order valence-electron chi connectivity index (χ0n) is 17.3. The van der Waals surface area contributed by atoms with Crippen LogP contribution in [0.1, 0.15) is 21.5 Å². The maximum absolute atomic E-state index is 12.9. The van der Waals surface area contributed by atoms with E-state index in [2.05, 4.69) is 23.0 Å². The summed E-state index contributed by atoms with van der Waals surface area (Å²) in [5.41, 5.74) is 3.79. The molecule has 32 heavy (non-hydrogen) atoms. The van der Waals surface area contributed by atoms with Crippen molar-refractivity contribution in [1.82, 2.24) is 4.57 Å². The van der Waals surface area contributed by atoms with Crippen LogP contribution in [0.25, 0.3) is 10.2 Å². The van der Waals surface area contributed by atoms with Crippen molar-refractivity contribution in [1.29, 1.82) is 0 Å². The first-order valence-corrected chi connectivity index (χ1v) is 11.1. The van der Waals surface area contributed by atoms with E-state index in [0.717, 1.165) is 22.2 Å². The molecular weight excluding hydrogens is 420 g/mol. The van der Waals surface area contributed by atoms with Crippen LogP contribution in [0.4, 0.5) is 0 Å². The molecule has 0 N–H and O–H groups in total. The Hall–Kier alpha value is -3.82. The maximum Gasteiger partial charge on any atom is 0.279 e. The molecule has 1 aromatic heterocycles. The van der Waals surface area contributed by atoms with Gasteiger partial charge >= 0.3 is 0 Å². The SMILES string of the molecule is C#CCn1c(=NC(=O)c2ccc(Cc3ccccc3)cc2)sc2cc3c(cc21)OCCO3. The largest absolute Gasteiger partial charge is 0.486 e. The van der Waals surface area contributed by atoms with E-state index in [0.29, 0.717) is 41.6 Å². The van der Waals surface area contributed by atoms with Crippen molar-refractivity contribution in [2.45, 2.75) is 13.0 Å². The molecule has 6 heteroatoms. The van der Waals surface area contributed by atoms with Gasteiger partial charge in [-0.3, -0.25) is 4.79 Å². The van der Waals surface area contributed by atoms with Crippen LogP contribution in [0, 0.1) is 12.3 Å². The first kappa shape index (κ1) is 20.1. The van der Waals surface area contributed by atoms with Crippen LogP contribution in [0.15, 0.2) is 71.7 Å². The van der Waals surface area contributed by atoms with E-state index in [4.69, 9.17) is 15.9 Å². The van der Waals surface area contributed by atoms with Crippen LogP contribution in [0.2, 0.25) is 0 Å². The van der Waals surface area contributed by atoms with E-state index >= 15 is 0 Å². The van der Waals surface area contributed by atoms with Gasteiger partial charge < -0.3 is 14.0 Å². The number of hydrogen-bond acceptors (Lipinski definition) is 4. The minimum atomic E-state index is -0.300. The average molecular weight is 441 g/mol. The van der Waals surface area contributed by atoms with Crippen molar-refractivity contribution < 1.29 is 14.3 Å². The second-order valence-corrected chi connectivity index (χ2v) is 8.42. The molecule has 158 valence electrons. The first-order chi connectivity index (χ1) is 15.7. The third-order valence-electron chi connectivity index (χ3n) is 5.25. The van der Waals surface area contributed by atoms with Gasteiger partial charge in [0.2, 0.25) is 0 Å². The molecule has 0 fully saturated rings. The number of rotatable bonds is 4. The lowest BCUT2D eigenvalue weighted by molar-refractivity contribution is 0.0998. The normalized spacial score (nSPS) is 13.2. The van der Waals surface area contributed by atoms with Crippen molar-refractivity contribution in [3.8, 4) is 23.8 Å². The standard InChI is InChI=1S/C26H20N2O3S/c1-2-12-28-21-16-22-23(31-14-13-30-22)17-24(21)32-26(28)27-25(29)20-10-8-19(9-11-20)15-18-6-4-3-5-7-18/h1,3-11,16-17H,12-15H2. The number of hydrogen-bond donors (Lipinski definition) is 0. The van der Waals surface area contributed by atoms with Crippen molar-refractivity contribution in [3.05, 3.63) is 88.2 Å². The van der Waals surface area contributed by atoms with Gasteiger partial charge in [-0.15, -0.1) is 6.42 Å². The number of ether oxygens (including phenoxy) is 2. The van der Waals surface area contributed by atoms with Gasteiger partial charge in [0.05, 0.1) is 16.8 Å². The molecule has 3 aromatic carbocycles. The number of nitrogens with zero attached hydrogens (tertiary/aromatic N) is 2.